The van der Waals surface area contributed by atoms with Crippen LogP contribution < -0.4 is 5.32 Å². The third kappa shape index (κ3) is 2.95. The summed E-state index contributed by atoms with van der Waals surface area (Å²) in [6.07, 6.45) is 5.58. The number of nitrogens with one attached hydrogen (secondary N) is 1. The molecule has 0 radical (unpaired) electrons. The van der Waals surface area contributed by atoms with Crippen LogP contribution in [0.2, 0.25) is 0 Å². The van der Waals surface area contributed by atoms with Gasteiger partial charge in [-0.15, -0.1) is 11.3 Å². The number of aryl methyl sites for hydroxylation is 1. The summed E-state index contributed by atoms with van der Waals surface area (Å²) in [5.74, 6) is 0.939. The third-order valence-electron chi connectivity index (χ3n) is 4.48. The van der Waals surface area contributed by atoms with Crippen molar-refractivity contribution in [3.63, 3.8) is 0 Å². The van der Waals surface area contributed by atoms with Gasteiger partial charge in [0, 0.05) is 22.3 Å². The molecular formula is C15H24N2S. The highest BCUT2D eigenvalue weighted by Gasteiger charge is 2.28. The van der Waals surface area contributed by atoms with Crippen LogP contribution in [0.3, 0.4) is 0 Å². The Morgan fingerprint density at radius 2 is 2.11 bits per heavy atom. The smallest absolute Gasteiger partial charge is 0.0328 e. The molecule has 0 bridgehead atoms. The fourth-order valence-corrected chi connectivity index (χ4v) is 4.35. The van der Waals surface area contributed by atoms with Gasteiger partial charge in [-0.1, -0.05) is 0 Å². The third-order valence-corrected chi connectivity index (χ3v) is 5.46. The van der Waals surface area contributed by atoms with E-state index in [4.69, 9.17) is 0 Å². The maximum absolute atomic E-state index is 3.68. The lowest BCUT2D eigenvalue weighted by Crippen LogP contribution is -2.40. The van der Waals surface area contributed by atoms with Gasteiger partial charge in [0.15, 0.2) is 0 Å². The number of likely N-dealkylation sites (tertiary alicyclic amines) is 1. The van der Waals surface area contributed by atoms with E-state index in [1.807, 2.05) is 11.3 Å². The number of hydrogen-bond donors (Lipinski definition) is 1. The number of rotatable bonds is 3. The Labute approximate surface area is 114 Å². The molecule has 0 saturated carbocycles. The van der Waals surface area contributed by atoms with Gasteiger partial charge in [0.2, 0.25) is 0 Å². The van der Waals surface area contributed by atoms with E-state index in [0.717, 1.165) is 12.0 Å². The van der Waals surface area contributed by atoms with Crippen molar-refractivity contribution in [1.82, 2.24) is 10.2 Å². The number of thiophene rings is 1. The molecule has 0 aromatic carbocycles. The predicted molar refractivity (Wildman–Crippen MR) is 78.1 cm³/mol. The minimum Gasteiger partial charge on any atom is -0.314 e. The molecular weight excluding hydrogens is 240 g/mol. The zero-order valence-electron chi connectivity index (χ0n) is 11.3. The van der Waals surface area contributed by atoms with E-state index in [1.165, 1.54) is 61.6 Å². The summed E-state index contributed by atoms with van der Waals surface area (Å²) >= 11 is 1.95. The van der Waals surface area contributed by atoms with Crippen LogP contribution in [0.25, 0.3) is 0 Å². The minimum atomic E-state index is 0.830. The summed E-state index contributed by atoms with van der Waals surface area (Å²) in [6.45, 7) is 7.20. The van der Waals surface area contributed by atoms with Gasteiger partial charge in [-0.05, 0) is 70.3 Å². The largest absolute Gasteiger partial charge is 0.314 e. The van der Waals surface area contributed by atoms with Crippen LogP contribution in [0.4, 0.5) is 0 Å². The monoisotopic (exact) mass is 264 g/mol. The molecule has 0 aliphatic carbocycles. The molecule has 2 fully saturated rings. The molecule has 3 heterocycles. The first-order chi connectivity index (χ1) is 8.81. The molecule has 18 heavy (non-hydrogen) atoms. The summed E-state index contributed by atoms with van der Waals surface area (Å²) in [5.41, 5.74) is 0. The van der Waals surface area contributed by atoms with Gasteiger partial charge in [-0.25, -0.2) is 0 Å². The molecule has 1 atom stereocenters. The van der Waals surface area contributed by atoms with Crippen molar-refractivity contribution >= 4 is 11.3 Å². The molecule has 3 rings (SSSR count). The van der Waals surface area contributed by atoms with Crippen molar-refractivity contribution in [2.24, 2.45) is 5.92 Å². The van der Waals surface area contributed by atoms with Crippen molar-refractivity contribution < 1.29 is 0 Å². The minimum absolute atomic E-state index is 0.830. The molecule has 100 valence electrons. The second kappa shape index (κ2) is 5.72. The van der Waals surface area contributed by atoms with Gasteiger partial charge in [0.1, 0.15) is 0 Å². The van der Waals surface area contributed by atoms with E-state index in [-0.39, 0.29) is 0 Å². The van der Waals surface area contributed by atoms with E-state index < -0.39 is 0 Å². The topological polar surface area (TPSA) is 15.3 Å². The van der Waals surface area contributed by atoms with Crippen LogP contribution in [0.1, 0.15) is 35.4 Å². The predicted octanol–water partition coefficient (Wildman–Crippen LogP) is 3.02. The van der Waals surface area contributed by atoms with Crippen molar-refractivity contribution in [3.05, 3.63) is 21.9 Å². The average molecular weight is 264 g/mol. The first-order valence-electron chi connectivity index (χ1n) is 7.32. The fraction of sp³-hybridized carbons (Fsp3) is 0.733. The molecule has 2 aliphatic heterocycles. The lowest BCUT2D eigenvalue weighted by atomic mass is 9.88. The van der Waals surface area contributed by atoms with E-state index in [2.05, 4.69) is 29.3 Å². The van der Waals surface area contributed by atoms with Crippen LogP contribution in [-0.4, -0.2) is 30.6 Å². The van der Waals surface area contributed by atoms with Crippen molar-refractivity contribution in [2.75, 3.05) is 19.6 Å². The molecule has 0 amide bonds. The Balaban J connectivity index is 1.47. The summed E-state index contributed by atoms with van der Waals surface area (Å²) in [7, 11) is 0. The SMILES string of the molecule is Cc1ccc(CN2CCC(C3CCCN3)CC2)s1. The summed E-state index contributed by atoms with van der Waals surface area (Å²) in [6, 6.07) is 5.37. The molecule has 0 spiro atoms. The number of piperidine rings is 1. The number of nitrogens with zero attached hydrogens (tertiary/aromatic N) is 1. The Kier molecular flexibility index (Phi) is 4.02. The van der Waals surface area contributed by atoms with Crippen molar-refractivity contribution in [2.45, 2.75) is 45.2 Å². The van der Waals surface area contributed by atoms with Gasteiger partial charge in [-0.2, -0.15) is 0 Å². The van der Waals surface area contributed by atoms with E-state index in [9.17, 15) is 0 Å². The molecule has 2 aliphatic rings. The van der Waals surface area contributed by atoms with E-state index in [0.29, 0.717) is 0 Å². The van der Waals surface area contributed by atoms with Crippen LogP contribution in [0, 0.1) is 12.8 Å². The van der Waals surface area contributed by atoms with Crippen LogP contribution in [-0.2, 0) is 6.54 Å². The van der Waals surface area contributed by atoms with Crippen LogP contribution >= 0.6 is 11.3 Å². The highest BCUT2D eigenvalue weighted by atomic mass is 32.1. The van der Waals surface area contributed by atoms with Gasteiger partial charge < -0.3 is 5.32 Å². The summed E-state index contributed by atoms with van der Waals surface area (Å²) < 4.78 is 0. The molecule has 2 nitrogen and oxygen atoms in total. The number of hydrogen-bond acceptors (Lipinski definition) is 3. The van der Waals surface area contributed by atoms with Gasteiger partial charge in [-0.3, -0.25) is 4.90 Å². The first-order valence-corrected chi connectivity index (χ1v) is 8.14. The lowest BCUT2D eigenvalue weighted by molar-refractivity contribution is 0.158. The standard InChI is InChI=1S/C15H24N2S/c1-12-4-5-14(18-12)11-17-9-6-13(7-10-17)15-3-2-8-16-15/h4-5,13,15-16H,2-3,6-11H2,1H3. The molecule has 1 unspecified atom stereocenters. The molecule has 3 heteroatoms. The van der Waals surface area contributed by atoms with E-state index in [1.54, 1.807) is 0 Å². The Morgan fingerprint density at radius 3 is 2.72 bits per heavy atom. The normalized spacial score (nSPS) is 26.8. The van der Waals surface area contributed by atoms with Crippen molar-refractivity contribution in [1.29, 1.82) is 0 Å². The highest BCUT2D eigenvalue weighted by Crippen LogP contribution is 2.27. The first kappa shape index (κ1) is 12.6. The van der Waals surface area contributed by atoms with Crippen LogP contribution in [0.15, 0.2) is 12.1 Å². The Hall–Kier alpha value is -0.380. The lowest BCUT2D eigenvalue weighted by Gasteiger charge is -2.34. The second-order valence-corrected chi connectivity index (χ2v) is 7.20. The fourth-order valence-electron chi connectivity index (χ4n) is 3.42. The van der Waals surface area contributed by atoms with Gasteiger partial charge in [0.05, 0.1) is 0 Å². The highest BCUT2D eigenvalue weighted by molar-refractivity contribution is 7.11. The summed E-state index contributed by atoms with van der Waals surface area (Å²) in [5, 5.41) is 3.68. The zero-order chi connectivity index (χ0) is 12.4. The zero-order valence-corrected chi connectivity index (χ0v) is 12.1. The maximum atomic E-state index is 3.68. The van der Waals surface area contributed by atoms with E-state index >= 15 is 0 Å². The average Bonchev–Trinajstić information content (AvgIpc) is 3.02. The Morgan fingerprint density at radius 1 is 1.28 bits per heavy atom. The quantitative estimate of drug-likeness (QED) is 0.903. The van der Waals surface area contributed by atoms with Crippen molar-refractivity contribution in [3.8, 4) is 0 Å². The van der Waals surface area contributed by atoms with Crippen LogP contribution in [0.5, 0.6) is 0 Å². The second-order valence-electron chi connectivity index (χ2n) is 5.83. The van der Waals surface area contributed by atoms with Gasteiger partial charge >= 0.3 is 0 Å². The van der Waals surface area contributed by atoms with Gasteiger partial charge in [0.25, 0.3) is 0 Å². The summed E-state index contributed by atoms with van der Waals surface area (Å²) in [4.78, 5) is 5.61. The maximum Gasteiger partial charge on any atom is 0.0328 e. The molecule has 1 N–H and O–H groups in total. The molecule has 1 aromatic rings. The molecule has 1 aromatic heterocycles. The Bertz CT molecular complexity index is 374. The molecule has 2 saturated heterocycles.